The van der Waals surface area contributed by atoms with Gasteiger partial charge in [-0.2, -0.15) is 17.6 Å². The SMILES string of the molecule is CC1CCC(C2CCc3cc(-c4ccc(OC(F)(F)C(F)F)cc4)c(F)cc3O2)CC1. The monoisotopic (exact) mass is 440 g/mol. The molecule has 168 valence electrons. The molecule has 7 heteroatoms. The molecule has 2 aromatic rings. The lowest BCUT2D eigenvalue weighted by molar-refractivity contribution is -0.253. The highest BCUT2D eigenvalue weighted by Crippen LogP contribution is 2.40. The van der Waals surface area contributed by atoms with Crippen LogP contribution in [0.2, 0.25) is 0 Å². The molecule has 1 fully saturated rings. The van der Waals surface area contributed by atoms with Crippen molar-refractivity contribution in [3.63, 3.8) is 0 Å². The fourth-order valence-electron chi connectivity index (χ4n) is 4.54. The van der Waals surface area contributed by atoms with E-state index in [1.54, 1.807) is 6.07 Å². The number of alkyl halides is 4. The highest BCUT2D eigenvalue weighted by Gasteiger charge is 2.44. The maximum absolute atomic E-state index is 14.8. The van der Waals surface area contributed by atoms with Crippen molar-refractivity contribution < 1.29 is 31.4 Å². The van der Waals surface area contributed by atoms with E-state index in [1.807, 2.05) is 0 Å². The van der Waals surface area contributed by atoms with Crippen LogP contribution in [0.4, 0.5) is 22.0 Å². The Hall–Kier alpha value is -2.31. The van der Waals surface area contributed by atoms with Gasteiger partial charge in [-0.3, -0.25) is 0 Å². The zero-order chi connectivity index (χ0) is 22.2. The first kappa shape index (κ1) is 21.9. The molecule has 0 aromatic heterocycles. The second-order valence-corrected chi connectivity index (χ2v) is 8.64. The number of benzene rings is 2. The summed E-state index contributed by atoms with van der Waals surface area (Å²) in [5.74, 6) is 0.924. The van der Waals surface area contributed by atoms with E-state index in [0.29, 0.717) is 22.8 Å². The van der Waals surface area contributed by atoms with Crippen molar-refractivity contribution in [2.24, 2.45) is 11.8 Å². The van der Waals surface area contributed by atoms with Crippen LogP contribution in [-0.4, -0.2) is 18.6 Å². The largest absolute Gasteiger partial charge is 0.490 e. The van der Waals surface area contributed by atoms with Gasteiger partial charge < -0.3 is 9.47 Å². The maximum Gasteiger partial charge on any atom is 0.461 e. The van der Waals surface area contributed by atoms with Crippen LogP contribution in [0, 0.1) is 17.7 Å². The van der Waals surface area contributed by atoms with Gasteiger partial charge in [0.2, 0.25) is 0 Å². The summed E-state index contributed by atoms with van der Waals surface area (Å²) in [7, 11) is 0. The molecule has 1 aliphatic carbocycles. The highest BCUT2D eigenvalue weighted by atomic mass is 19.3. The Morgan fingerprint density at radius 1 is 1.00 bits per heavy atom. The van der Waals surface area contributed by atoms with Crippen LogP contribution >= 0.6 is 0 Å². The quantitative estimate of drug-likeness (QED) is 0.456. The van der Waals surface area contributed by atoms with Crippen LogP contribution in [0.5, 0.6) is 11.5 Å². The van der Waals surface area contributed by atoms with Gasteiger partial charge in [0.15, 0.2) is 0 Å². The van der Waals surface area contributed by atoms with Crippen molar-refractivity contribution in [1.82, 2.24) is 0 Å². The van der Waals surface area contributed by atoms with E-state index in [9.17, 15) is 22.0 Å². The molecule has 31 heavy (non-hydrogen) atoms. The number of ether oxygens (including phenoxy) is 2. The molecule has 2 nitrogen and oxygen atoms in total. The van der Waals surface area contributed by atoms with E-state index in [-0.39, 0.29) is 6.10 Å². The van der Waals surface area contributed by atoms with Gasteiger partial charge in [0.25, 0.3) is 0 Å². The minimum atomic E-state index is -4.58. The summed E-state index contributed by atoms with van der Waals surface area (Å²) in [6.45, 7) is 2.27. The van der Waals surface area contributed by atoms with Crippen LogP contribution in [0.25, 0.3) is 11.1 Å². The highest BCUT2D eigenvalue weighted by molar-refractivity contribution is 5.67. The van der Waals surface area contributed by atoms with E-state index in [2.05, 4.69) is 11.7 Å². The lowest BCUT2D eigenvalue weighted by Gasteiger charge is -2.36. The van der Waals surface area contributed by atoms with Gasteiger partial charge in [-0.05, 0) is 66.8 Å². The molecule has 0 spiro atoms. The van der Waals surface area contributed by atoms with Crippen molar-refractivity contribution in [2.75, 3.05) is 0 Å². The number of aryl methyl sites for hydroxylation is 1. The van der Waals surface area contributed by atoms with Gasteiger partial charge in [0.05, 0.1) is 0 Å². The molecule has 0 bridgehead atoms. The van der Waals surface area contributed by atoms with Crippen LogP contribution in [-0.2, 0) is 6.42 Å². The Morgan fingerprint density at radius 2 is 1.68 bits per heavy atom. The maximum atomic E-state index is 14.8. The molecule has 2 aromatic carbocycles. The van der Waals surface area contributed by atoms with Crippen LogP contribution in [0.3, 0.4) is 0 Å². The van der Waals surface area contributed by atoms with Crippen molar-refractivity contribution in [1.29, 1.82) is 0 Å². The van der Waals surface area contributed by atoms with Gasteiger partial charge in [0, 0.05) is 11.6 Å². The molecule has 0 radical (unpaired) electrons. The van der Waals surface area contributed by atoms with Crippen molar-refractivity contribution in [3.05, 3.63) is 47.8 Å². The molecule has 1 unspecified atom stereocenters. The van der Waals surface area contributed by atoms with Crippen molar-refractivity contribution in [3.8, 4) is 22.6 Å². The van der Waals surface area contributed by atoms with E-state index in [1.165, 1.54) is 31.0 Å². The molecular weight excluding hydrogens is 415 g/mol. The third-order valence-corrected chi connectivity index (χ3v) is 6.39. The molecule has 0 N–H and O–H groups in total. The molecule has 4 rings (SSSR count). The number of hydrogen-bond donors (Lipinski definition) is 0. The fourth-order valence-corrected chi connectivity index (χ4v) is 4.54. The van der Waals surface area contributed by atoms with Gasteiger partial charge in [0.1, 0.15) is 23.4 Å². The molecule has 1 atom stereocenters. The van der Waals surface area contributed by atoms with Gasteiger partial charge in [-0.15, -0.1) is 0 Å². The molecule has 1 saturated carbocycles. The van der Waals surface area contributed by atoms with Gasteiger partial charge in [-0.25, -0.2) is 4.39 Å². The normalized spacial score (nSPS) is 23.9. The van der Waals surface area contributed by atoms with Crippen molar-refractivity contribution >= 4 is 0 Å². The third-order valence-electron chi connectivity index (χ3n) is 6.39. The summed E-state index contributed by atoms with van der Waals surface area (Å²) in [4.78, 5) is 0. The number of rotatable bonds is 5. The summed E-state index contributed by atoms with van der Waals surface area (Å²) in [5, 5.41) is 0. The first-order valence-corrected chi connectivity index (χ1v) is 10.7. The number of fused-ring (bicyclic) bond motifs is 1. The van der Waals surface area contributed by atoms with E-state index < -0.39 is 24.1 Å². The standard InChI is InChI=1S/C24H25F5O2/c1-14-2-4-16(5-3-14)21-11-8-17-12-19(20(25)13-22(17)30-21)15-6-9-18(10-7-15)31-24(28,29)23(26)27/h6-7,9-10,12-14,16,21,23H,2-5,8,11H2,1H3. The molecule has 2 aliphatic rings. The Bertz CT molecular complexity index is 905. The predicted molar refractivity (Wildman–Crippen MR) is 107 cm³/mol. The molecule has 1 aliphatic heterocycles. The van der Waals surface area contributed by atoms with E-state index in [4.69, 9.17) is 4.74 Å². The fraction of sp³-hybridized carbons (Fsp3) is 0.500. The van der Waals surface area contributed by atoms with E-state index in [0.717, 1.165) is 49.3 Å². The summed E-state index contributed by atoms with van der Waals surface area (Å²) < 4.78 is 75.7. The summed E-state index contributed by atoms with van der Waals surface area (Å²) >= 11 is 0. The molecule has 0 amide bonds. The van der Waals surface area contributed by atoms with E-state index >= 15 is 0 Å². The minimum absolute atomic E-state index is 0.109. The molecule has 1 heterocycles. The second kappa shape index (κ2) is 8.67. The zero-order valence-corrected chi connectivity index (χ0v) is 17.2. The lowest BCUT2D eigenvalue weighted by atomic mass is 9.78. The van der Waals surface area contributed by atoms with Crippen molar-refractivity contribution in [2.45, 2.75) is 64.1 Å². The smallest absolute Gasteiger partial charge is 0.461 e. The van der Waals surface area contributed by atoms with Gasteiger partial charge >= 0.3 is 12.5 Å². The minimum Gasteiger partial charge on any atom is -0.490 e. The van der Waals surface area contributed by atoms with Crippen LogP contribution < -0.4 is 9.47 Å². The average molecular weight is 440 g/mol. The van der Waals surface area contributed by atoms with Gasteiger partial charge in [-0.1, -0.05) is 31.9 Å². The Kier molecular flexibility index (Phi) is 6.13. The third kappa shape index (κ3) is 4.80. The second-order valence-electron chi connectivity index (χ2n) is 8.64. The number of hydrogen-bond acceptors (Lipinski definition) is 2. The number of halogens is 5. The Labute approximate surface area is 178 Å². The summed E-state index contributed by atoms with van der Waals surface area (Å²) in [5.41, 5.74) is 1.65. The lowest BCUT2D eigenvalue weighted by Crippen LogP contribution is -2.33. The molecule has 0 saturated heterocycles. The Morgan fingerprint density at radius 3 is 2.32 bits per heavy atom. The van der Waals surface area contributed by atoms with Crippen LogP contribution in [0.1, 0.15) is 44.6 Å². The average Bonchev–Trinajstić information content (AvgIpc) is 2.74. The Balaban J connectivity index is 1.49. The first-order valence-electron chi connectivity index (χ1n) is 10.7. The summed E-state index contributed by atoms with van der Waals surface area (Å²) in [6.07, 6.45) is -2.07. The topological polar surface area (TPSA) is 18.5 Å². The summed E-state index contributed by atoms with van der Waals surface area (Å²) in [6, 6.07) is 8.10. The van der Waals surface area contributed by atoms with Crippen LogP contribution in [0.15, 0.2) is 36.4 Å². The first-order chi connectivity index (χ1) is 14.7. The molecular formula is C24H25F5O2. The zero-order valence-electron chi connectivity index (χ0n) is 17.2. The predicted octanol–water partition coefficient (Wildman–Crippen LogP) is 7.25.